The summed E-state index contributed by atoms with van der Waals surface area (Å²) in [5.41, 5.74) is 2.49. The van der Waals surface area contributed by atoms with Gasteiger partial charge < -0.3 is 15.3 Å². The number of anilines is 3. The highest BCUT2D eigenvalue weighted by molar-refractivity contribution is 5.69. The normalized spacial score (nSPS) is 13.0. The summed E-state index contributed by atoms with van der Waals surface area (Å²) in [7, 11) is 0. The largest absolute Gasteiger partial charge is 0.481 e. The molecule has 108 valence electrons. The lowest BCUT2D eigenvalue weighted by molar-refractivity contribution is -0.136. The molecule has 0 saturated heterocycles. The van der Waals surface area contributed by atoms with Crippen LogP contribution < -0.4 is 10.2 Å². The molecule has 0 radical (unpaired) electrons. The SMILES string of the molecule is O=C(O)CCNc1cc(N2CCc3ccccc32)ncn1. The van der Waals surface area contributed by atoms with E-state index in [0.717, 1.165) is 18.8 Å². The van der Waals surface area contributed by atoms with Crippen molar-refractivity contribution in [1.82, 2.24) is 9.97 Å². The predicted molar refractivity (Wildman–Crippen MR) is 79.9 cm³/mol. The Bertz CT molecular complexity index is 660. The zero-order valence-corrected chi connectivity index (χ0v) is 11.5. The van der Waals surface area contributed by atoms with Gasteiger partial charge in [-0.05, 0) is 18.1 Å². The number of carbonyl (C=O) groups is 1. The first-order valence-electron chi connectivity index (χ1n) is 6.87. The Hall–Kier alpha value is -2.63. The van der Waals surface area contributed by atoms with Crippen LogP contribution in [0.3, 0.4) is 0 Å². The first kappa shape index (κ1) is 13.4. The minimum atomic E-state index is -0.828. The Labute approximate surface area is 122 Å². The molecule has 2 N–H and O–H groups in total. The summed E-state index contributed by atoms with van der Waals surface area (Å²) in [4.78, 5) is 21.1. The van der Waals surface area contributed by atoms with Gasteiger partial charge >= 0.3 is 5.97 Å². The van der Waals surface area contributed by atoms with Crippen molar-refractivity contribution in [3.8, 4) is 0 Å². The van der Waals surface area contributed by atoms with Gasteiger partial charge in [-0.3, -0.25) is 4.79 Å². The molecule has 0 saturated carbocycles. The number of fused-ring (bicyclic) bond motifs is 1. The van der Waals surface area contributed by atoms with E-state index < -0.39 is 5.97 Å². The number of rotatable bonds is 5. The minimum absolute atomic E-state index is 0.0614. The molecule has 0 amide bonds. The molecule has 1 aromatic heterocycles. The number of aliphatic carboxylic acids is 1. The Morgan fingerprint density at radius 3 is 3.05 bits per heavy atom. The number of nitrogens with zero attached hydrogens (tertiary/aromatic N) is 3. The molecule has 0 aliphatic carbocycles. The number of hydrogen-bond donors (Lipinski definition) is 2. The first-order chi connectivity index (χ1) is 10.2. The van der Waals surface area contributed by atoms with E-state index in [9.17, 15) is 4.79 Å². The zero-order valence-electron chi connectivity index (χ0n) is 11.5. The molecular formula is C15H16N4O2. The van der Waals surface area contributed by atoms with E-state index in [-0.39, 0.29) is 6.42 Å². The molecule has 1 aromatic carbocycles. The molecule has 3 rings (SSSR count). The third-order valence-corrected chi connectivity index (χ3v) is 3.46. The van der Waals surface area contributed by atoms with E-state index in [0.29, 0.717) is 12.4 Å². The summed E-state index contributed by atoms with van der Waals surface area (Å²) in [6, 6.07) is 10.1. The summed E-state index contributed by atoms with van der Waals surface area (Å²) in [5, 5.41) is 11.7. The maximum atomic E-state index is 10.5. The minimum Gasteiger partial charge on any atom is -0.481 e. The third kappa shape index (κ3) is 2.94. The lowest BCUT2D eigenvalue weighted by Crippen LogP contribution is -2.16. The van der Waals surface area contributed by atoms with Crippen LogP contribution in [0.2, 0.25) is 0 Å². The van der Waals surface area contributed by atoms with Crippen molar-refractivity contribution in [3.05, 3.63) is 42.2 Å². The van der Waals surface area contributed by atoms with Gasteiger partial charge in [0, 0.05) is 24.8 Å². The molecule has 2 aromatic rings. The second-order valence-corrected chi connectivity index (χ2v) is 4.86. The van der Waals surface area contributed by atoms with Crippen LogP contribution in [0.4, 0.5) is 17.3 Å². The third-order valence-electron chi connectivity index (χ3n) is 3.46. The smallest absolute Gasteiger partial charge is 0.305 e. The van der Waals surface area contributed by atoms with Gasteiger partial charge in [0.1, 0.15) is 18.0 Å². The van der Waals surface area contributed by atoms with Crippen molar-refractivity contribution in [2.45, 2.75) is 12.8 Å². The van der Waals surface area contributed by atoms with E-state index in [4.69, 9.17) is 5.11 Å². The van der Waals surface area contributed by atoms with E-state index in [1.807, 2.05) is 18.2 Å². The maximum Gasteiger partial charge on any atom is 0.305 e. The second kappa shape index (κ2) is 5.78. The summed E-state index contributed by atoms with van der Waals surface area (Å²) in [6.45, 7) is 1.24. The quantitative estimate of drug-likeness (QED) is 0.875. The fraction of sp³-hybridized carbons (Fsp3) is 0.267. The number of carboxylic acid groups (broad SMARTS) is 1. The van der Waals surface area contributed by atoms with Crippen LogP contribution in [-0.2, 0) is 11.2 Å². The highest BCUT2D eigenvalue weighted by Crippen LogP contribution is 2.33. The van der Waals surface area contributed by atoms with E-state index in [1.54, 1.807) is 0 Å². The molecule has 6 heteroatoms. The van der Waals surface area contributed by atoms with Gasteiger partial charge in [0.15, 0.2) is 0 Å². The standard InChI is InChI=1S/C15H16N4O2/c20-15(21)5-7-16-13-9-14(18-10-17-13)19-8-6-11-3-1-2-4-12(11)19/h1-4,9-10H,5-8H2,(H,20,21)(H,16,17,18). The van der Waals surface area contributed by atoms with Gasteiger partial charge in [0.05, 0.1) is 6.42 Å². The maximum absolute atomic E-state index is 10.5. The molecule has 0 unspecified atom stereocenters. The Morgan fingerprint density at radius 2 is 2.19 bits per heavy atom. The molecule has 0 spiro atoms. The number of aromatic nitrogens is 2. The van der Waals surface area contributed by atoms with Crippen LogP contribution in [0, 0.1) is 0 Å². The van der Waals surface area contributed by atoms with Crippen molar-refractivity contribution < 1.29 is 9.90 Å². The fourth-order valence-corrected chi connectivity index (χ4v) is 2.47. The monoisotopic (exact) mass is 284 g/mol. The number of para-hydroxylation sites is 1. The molecule has 0 fully saturated rings. The second-order valence-electron chi connectivity index (χ2n) is 4.86. The van der Waals surface area contributed by atoms with Gasteiger partial charge in [-0.2, -0.15) is 0 Å². The average Bonchev–Trinajstić information content (AvgIpc) is 2.91. The van der Waals surface area contributed by atoms with Crippen LogP contribution in [-0.4, -0.2) is 34.1 Å². The molecule has 1 aliphatic heterocycles. The van der Waals surface area contributed by atoms with Crippen molar-refractivity contribution in [3.63, 3.8) is 0 Å². The summed E-state index contributed by atoms with van der Waals surface area (Å²) >= 11 is 0. The molecule has 0 atom stereocenters. The Balaban J connectivity index is 1.76. The number of nitrogens with one attached hydrogen (secondary N) is 1. The zero-order chi connectivity index (χ0) is 14.7. The van der Waals surface area contributed by atoms with Gasteiger partial charge in [0.2, 0.25) is 0 Å². The molecule has 21 heavy (non-hydrogen) atoms. The lowest BCUT2D eigenvalue weighted by Gasteiger charge is -2.18. The fourth-order valence-electron chi connectivity index (χ4n) is 2.47. The highest BCUT2D eigenvalue weighted by Gasteiger charge is 2.20. The molecule has 6 nitrogen and oxygen atoms in total. The van der Waals surface area contributed by atoms with Crippen LogP contribution >= 0.6 is 0 Å². The first-order valence-corrected chi connectivity index (χ1v) is 6.87. The van der Waals surface area contributed by atoms with E-state index >= 15 is 0 Å². The summed E-state index contributed by atoms with van der Waals surface area (Å²) < 4.78 is 0. The molecule has 0 bridgehead atoms. The van der Waals surface area contributed by atoms with Crippen LogP contribution in [0.1, 0.15) is 12.0 Å². The van der Waals surface area contributed by atoms with Crippen molar-refractivity contribution in [1.29, 1.82) is 0 Å². The molecular weight excluding hydrogens is 268 g/mol. The van der Waals surface area contributed by atoms with Crippen LogP contribution in [0.25, 0.3) is 0 Å². The number of hydrogen-bond acceptors (Lipinski definition) is 5. The van der Waals surface area contributed by atoms with E-state index in [2.05, 4.69) is 32.3 Å². The summed E-state index contributed by atoms with van der Waals surface area (Å²) in [6.07, 6.45) is 2.56. The Morgan fingerprint density at radius 1 is 1.33 bits per heavy atom. The van der Waals surface area contributed by atoms with Crippen molar-refractivity contribution >= 4 is 23.3 Å². The van der Waals surface area contributed by atoms with Crippen molar-refractivity contribution in [2.24, 2.45) is 0 Å². The highest BCUT2D eigenvalue weighted by atomic mass is 16.4. The topological polar surface area (TPSA) is 78.4 Å². The average molecular weight is 284 g/mol. The van der Waals surface area contributed by atoms with Crippen LogP contribution in [0.15, 0.2) is 36.7 Å². The Kier molecular flexibility index (Phi) is 3.68. The van der Waals surface area contributed by atoms with Gasteiger partial charge in [-0.25, -0.2) is 9.97 Å². The number of benzene rings is 1. The van der Waals surface area contributed by atoms with Gasteiger partial charge in [0.25, 0.3) is 0 Å². The van der Waals surface area contributed by atoms with Crippen LogP contribution in [0.5, 0.6) is 0 Å². The number of carboxylic acids is 1. The molecule has 1 aliphatic rings. The van der Waals surface area contributed by atoms with Gasteiger partial charge in [-0.15, -0.1) is 0 Å². The molecule has 2 heterocycles. The van der Waals surface area contributed by atoms with Gasteiger partial charge in [-0.1, -0.05) is 18.2 Å². The van der Waals surface area contributed by atoms with E-state index in [1.165, 1.54) is 17.6 Å². The predicted octanol–water partition coefficient (Wildman–Crippen LogP) is 2.06. The van der Waals surface area contributed by atoms with Crippen molar-refractivity contribution in [2.75, 3.05) is 23.3 Å². The lowest BCUT2D eigenvalue weighted by atomic mass is 10.2. The summed E-state index contributed by atoms with van der Waals surface area (Å²) in [5.74, 6) is 0.642.